The first kappa shape index (κ1) is 18.6. The zero-order chi connectivity index (χ0) is 18.4. The van der Waals surface area contributed by atoms with E-state index in [9.17, 15) is 4.39 Å². The van der Waals surface area contributed by atoms with E-state index in [1.54, 1.807) is 32.5 Å². The molecule has 1 unspecified atom stereocenters. The molecule has 0 amide bonds. The fourth-order valence-electron chi connectivity index (χ4n) is 3.73. The molecular weight excluding hydrogens is 331 g/mol. The summed E-state index contributed by atoms with van der Waals surface area (Å²) in [6.07, 6.45) is 6.34. The van der Waals surface area contributed by atoms with Gasteiger partial charge in [-0.15, -0.1) is 0 Å². The van der Waals surface area contributed by atoms with Gasteiger partial charge < -0.3 is 9.47 Å². The number of hydrogen-bond donors (Lipinski definition) is 0. The molecule has 0 radical (unpaired) electrons. The normalized spacial score (nSPS) is 17.9. The van der Waals surface area contributed by atoms with Crippen molar-refractivity contribution in [2.24, 2.45) is 5.92 Å². The van der Waals surface area contributed by atoms with Gasteiger partial charge in [0, 0.05) is 25.4 Å². The van der Waals surface area contributed by atoms with Gasteiger partial charge >= 0.3 is 0 Å². The molecule has 3 rings (SSSR count). The third kappa shape index (κ3) is 4.73. The van der Waals surface area contributed by atoms with Crippen LogP contribution in [0.2, 0.25) is 0 Å². The number of halogens is 1. The highest BCUT2D eigenvalue weighted by molar-refractivity contribution is 5.42. The number of piperidine rings is 1. The number of pyridine rings is 1. The summed E-state index contributed by atoms with van der Waals surface area (Å²) in [6.45, 7) is 2.91. The first-order valence-corrected chi connectivity index (χ1v) is 9.22. The van der Waals surface area contributed by atoms with E-state index in [4.69, 9.17) is 9.47 Å². The molecule has 1 aromatic carbocycles. The minimum absolute atomic E-state index is 0.169. The Kier molecular flexibility index (Phi) is 6.45. The van der Waals surface area contributed by atoms with Crippen molar-refractivity contribution in [2.75, 3.05) is 27.3 Å². The first-order valence-electron chi connectivity index (χ1n) is 9.22. The fraction of sp³-hybridized carbons (Fsp3) is 0.476. The summed E-state index contributed by atoms with van der Waals surface area (Å²) in [5, 5.41) is 0. The lowest BCUT2D eigenvalue weighted by molar-refractivity contribution is 0.158. The highest BCUT2D eigenvalue weighted by Crippen LogP contribution is 2.31. The highest BCUT2D eigenvalue weighted by Gasteiger charge is 2.22. The number of nitrogens with zero attached hydrogens (tertiary/aromatic N) is 2. The van der Waals surface area contributed by atoms with Crippen LogP contribution >= 0.6 is 0 Å². The fourth-order valence-corrected chi connectivity index (χ4v) is 3.73. The van der Waals surface area contributed by atoms with Gasteiger partial charge in [0.15, 0.2) is 11.5 Å². The Hall–Kier alpha value is -2.14. The molecule has 1 aliphatic heterocycles. The maximum absolute atomic E-state index is 13.0. The number of ether oxygens (including phenoxy) is 2. The van der Waals surface area contributed by atoms with Crippen molar-refractivity contribution in [1.82, 2.24) is 9.88 Å². The van der Waals surface area contributed by atoms with E-state index in [1.807, 2.05) is 18.2 Å². The Morgan fingerprint density at radius 1 is 1.15 bits per heavy atom. The Balaban J connectivity index is 1.57. The predicted octanol–water partition coefficient (Wildman–Crippen LogP) is 4.08. The summed E-state index contributed by atoms with van der Waals surface area (Å²) < 4.78 is 23.9. The van der Waals surface area contributed by atoms with Crippen LogP contribution in [0.5, 0.6) is 11.5 Å². The van der Waals surface area contributed by atoms with E-state index < -0.39 is 0 Å². The van der Waals surface area contributed by atoms with Crippen LogP contribution in [0.1, 0.15) is 30.5 Å². The third-order valence-corrected chi connectivity index (χ3v) is 5.10. The molecule has 4 nitrogen and oxygen atoms in total. The van der Waals surface area contributed by atoms with Crippen molar-refractivity contribution in [1.29, 1.82) is 0 Å². The molecule has 2 heterocycles. The Morgan fingerprint density at radius 3 is 2.69 bits per heavy atom. The van der Waals surface area contributed by atoms with Crippen LogP contribution in [-0.4, -0.2) is 37.2 Å². The zero-order valence-electron chi connectivity index (χ0n) is 15.6. The molecule has 0 spiro atoms. The maximum atomic E-state index is 13.0. The van der Waals surface area contributed by atoms with Gasteiger partial charge in [-0.05, 0) is 55.8 Å². The quantitative estimate of drug-likeness (QED) is 0.747. The average molecular weight is 358 g/mol. The van der Waals surface area contributed by atoms with Gasteiger partial charge in [0.25, 0.3) is 0 Å². The second-order valence-electron chi connectivity index (χ2n) is 6.90. The average Bonchev–Trinajstić information content (AvgIpc) is 2.67. The molecule has 1 atom stereocenters. The Morgan fingerprint density at radius 2 is 1.96 bits per heavy atom. The number of aryl methyl sites for hydroxylation is 1. The molecular formula is C21H27FN2O2. The van der Waals surface area contributed by atoms with Crippen molar-refractivity contribution >= 4 is 0 Å². The number of hydrogen-bond acceptors (Lipinski definition) is 4. The van der Waals surface area contributed by atoms with Crippen LogP contribution in [0.15, 0.2) is 36.5 Å². The first-order chi connectivity index (χ1) is 12.7. The number of aromatic nitrogens is 1. The SMILES string of the molecule is COc1ccnc(CN2CCCC(CCc3ccc(F)cc3)C2)c1OC. The Bertz CT molecular complexity index is 706. The minimum Gasteiger partial charge on any atom is -0.493 e. The summed E-state index contributed by atoms with van der Waals surface area (Å²) in [5.41, 5.74) is 2.13. The molecule has 1 saturated heterocycles. The van der Waals surface area contributed by atoms with Gasteiger partial charge in [0.05, 0.1) is 14.2 Å². The summed E-state index contributed by atoms with van der Waals surface area (Å²) in [4.78, 5) is 6.94. The van der Waals surface area contributed by atoms with Crippen molar-refractivity contribution in [3.8, 4) is 11.5 Å². The lowest BCUT2D eigenvalue weighted by Crippen LogP contribution is -2.35. The van der Waals surface area contributed by atoms with E-state index in [0.29, 0.717) is 5.92 Å². The van der Waals surface area contributed by atoms with Gasteiger partial charge in [-0.1, -0.05) is 12.1 Å². The molecule has 0 N–H and O–H groups in total. The molecule has 26 heavy (non-hydrogen) atoms. The molecule has 140 valence electrons. The molecule has 1 aromatic heterocycles. The molecule has 0 aliphatic carbocycles. The Labute approximate surface area is 155 Å². The van der Waals surface area contributed by atoms with Crippen molar-refractivity contribution in [2.45, 2.75) is 32.2 Å². The second-order valence-corrected chi connectivity index (χ2v) is 6.90. The van der Waals surface area contributed by atoms with Crippen LogP contribution in [0.25, 0.3) is 0 Å². The lowest BCUT2D eigenvalue weighted by atomic mass is 9.91. The number of likely N-dealkylation sites (tertiary alicyclic amines) is 1. The van der Waals surface area contributed by atoms with Gasteiger partial charge in [-0.3, -0.25) is 9.88 Å². The summed E-state index contributed by atoms with van der Waals surface area (Å²) in [5.74, 6) is 1.94. The van der Waals surface area contributed by atoms with Crippen molar-refractivity contribution in [3.63, 3.8) is 0 Å². The summed E-state index contributed by atoms with van der Waals surface area (Å²) in [6, 6.07) is 8.69. The third-order valence-electron chi connectivity index (χ3n) is 5.10. The van der Waals surface area contributed by atoms with E-state index >= 15 is 0 Å². The second kappa shape index (κ2) is 8.99. The van der Waals surface area contributed by atoms with Crippen LogP contribution in [-0.2, 0) is 13.0 Å². The van der Waals surface area contributed by atoms with E-state index in [-0.39, 0.29) is 5.82 Å². The predicted molar refractivity (Wildman–Crippen MR) is 100 cm³/mol. The standard InChI is InChI=1S/C21H27FN2O2/c1-25-20-11-12-23-19(21(20)26-2)15-24-13-3-4-17(14-24)6-5-16-7-9-18(22)10-8-16/h7-12,17H,3-6,13-15H2,1-2H3. The smallest absolute Gasteiger partial charge is 0.183 e. The van der Waals surface area contributed by atoms with Crippen molar-refractivity contribution < 1.29 is 13.9 Å². The molecule has 1 aliphatic rings. The lowest BCUT2D eigenvalue weighted by Gasteiger charge is -2.33. The largest absolute Gasteiger partial charge is 0.493 e. The van der Waals surface area contributed by atoms with Crippen LogP contribution in [0.3, 0.4) is 0 Å². The zero-order valence-corrected chi connectivity index (χ0v) is 15.6. The van der Waals surface area contributed by atoms with Gasteiger partial charge in [0.1, 0.15) is 11.5 Å². The minimum atomic E-state index is -0.169. The molecule has 0 bridgehead atoms. The molecule has 0 saturated carbocycles. The van der Waals surface area contributed by atoms with E-state index in [2.05, 4.69) is 9.88 Å². The number of methoxy groups -OCH3 is 2. The van der Waals surface area contributed by atoms with Crippen LogP contribution in [0, 0.1) is 11.7 Å². The van der Waals surface area contributed by atoms with Crippen molar-refractivity contribution in [3.05, 3.63) is 53.6 Å². The topological polar surface area (TPSA) is 34.6 Å². The van der Waals surface area contributed by atoms with Crippen LogP contribution in [0.4, 0.5) is 4.39 Å². The molecule has 2 aromatic rings. The van der Waals surface area contributed by atoms with E-state index in [1.165, 1.54) is 18.4 Å². The maximum Gasteiger partial charge on any atom is 0.183 e. The number of benzene rings is 1. The van der Waals surface area contributed by atoms with Gasteiger partial charge in [-0.2, -0.15) is 0 Å². The summed E-state index contributed by atoms with van der Waals surface area (Å²) >= 11 is 0. The van der Waals surface area contributed by atoms with Gasteiger partial charge in [0.2, 0.25) is 0 Å². The monoisotopic (exact) mass is 358 g/mol. The van der Waals surface area contributed by atoms with Gasteiger partial charge in [-0.25, -0.2) is 4.39 Å². The van der Waals surface area contributed by atoms with Crippen LogP contribution < -0.4 is 9.47 Å². The molecule has 5 heteroatoms. The number of rotatable bonds is 7. The van der Waals surface area contributed by atoms with E-state index in [0.717, 1.165) is 49.7 Å². The summed E-state index contributed by atoms with van der Waals surface area (Å²) in [7, 11) is 3.30. The molecule has 1 fully saturated rings. The highest BCUT2D eigenvalue weighted by atomic mass is 19.1.